The number of alkyl halides is 1. The van der Waals surface area contributed by atoms with Gasteiger partial charge in [-0.15, -0.1) is 0 Å². The van der Waals surface area contributed by atoms with Crippen LogP contribution in [0.4, 0.5) is 0 Å². The highest BCUT2D eigenvalue weighted by atomic mass is 127. The summed E-state index contributed by atoms with van der Waals surface area (Å²) in [6.07, 6.45) is 7.22. The Labute approximate surface area is 124 Å². The smallest absolute Gasteiger partial charge is 0.0208 e. The van der Waals surface area contributed by atoms with Crippen molar-refractivity contribution in [2.45, 2.75) is 44.7 Å². The van der Waals surface area contributed by atoms with Crippen LogP contribution in [0.25, 0.3) is 0 Å². The minimum absolute atomic E-state index is 0.756. The second-order valence-electron chi connectivity index (χ2n) is 6.06. The molecule has 0 aliphatic heterocycles. The number of hydrogen-bond donors (Lipinski definition) is 1. The molecule has 0 bridgehead atoms. The predicted molar refractivity (Wildman–Crippen MR) is 85.0 cm³/mol. The molecule has 2 aliphatic rings. The Morgan fingerprint density at radius 3 is 2.50 bits per heavy atom. The maximum Gasteiger partial charge on any atom is 0.0208 e. The molecular formula is C16H22IN. The molecule has 0 heterocycles. The third-order valence-electron chi connectivity index (χ3n) is 4.96. The molecule has 2 heteroatoms. The van der Waals surface area contributed by atoms with Crippen LogP contribution in [0.1, 0.15) is 37.7 Å². The molecule has 0 aromatic heterocycles. The van der Waals surface area contributed by atoms with Crippen LogP contribution in [0.3, 0.4) is 0 Å². The largest absolute Gasteiger partial charge is 0.310 e. The molecular weight excluding hydrogens is 333 g/mol. The van der Waals surface area contributed by atoms with Gasteiger partial charge in [-0.05, 0) is 49.0 Å². The van der Waals surface area contributed by atoms with E-state index in [4.69, 9.17) is 0 Å². The molecule has 2 aliphatic carbocycles. The summed E-state index contributed by atoms with van der Waals surface area (Å²) < 4.78 is 1.37. The lowest BCUT2D eigenvalue weighted by Gasteiger charge is -2.30. The van der Waals surface area contributed by atoms with E-state index < -0.39 is 0 Å². The molecule has 1 nitrogen and oxygen atoms in total. The zero-order chi connectivity index (χ0) is 12.4. The maximum atomic E-state index is 3.73. The van der Waals surface area contributed by atoms with Crippen molar-refractivity contribution in [3.63, 3.8) is 0 Å². The van der Waals surface area contributed by atoms with E-state index in [2.05, 4.69) is 58.2 Å². The van der Waals surface area contributed by atoms with E-state index in [9.17, 15) is 0 Å². The molecule has 1 aromatic rings. The van der Waals surface area contributed by atoms with Gasteiger partial charge >= 0.3 is 0 Å². The second-order valence-corrected chi connectivity index (χ2v) is 6.94. The standard InChI is InChI=1S/C16H22IN/c17-11-14-10-16(14)8-6-15(7-9-16)18-12-13-4-2-1-3-5-13/h1-5,14-15,18H,6-12H2. The molecule has 2 saturated carbocycles. The second kappa shape index (κ2) is 5.49. The van der Waals surface area contributed by atoms with Gasteiger partial charge in [-0.3, -0.25) is 0 Å². The summed E-state index contributed by atoms with van der Waals surface area (Å²) in [4.78, 5) is 0. The Morgan fingerprint density at radius 2 is 1.89 bits per heavy atom. The van der Waals surface area contributed by atoms with Crippen LogP contribution in [0.15, 0.2) is 30.3 Å². The van der Waals surface area contributed by atoms with Crippen molar-refractivity contribution >= 4 is 22.6 Å². The first-order valence-corrected chi connectivity index (χ1v) is 8.68. The Kier molecular flexibility index (Phi) is 3.94. The van der Waals surface area contributed by atoms with Crippen LogP contribution in [0, 0.1) is 11.3 Å². The monoisotopic (exact) mass is 355 g/mol. The van der Waals surface area contributed by atoms with Crippen LogP contribution in [-0.4, -0.2) is 10.5 Å². The fourth-order valence-corrected chi connectivity index (χ4v) is 4.76. The quantitative estimate of drug-likeness (QED) is 0.632. The summed E-state index contributed by atoms with van der Waals surface area (Å²) in [5.41, 5.74) is 2.20. The lowest BCUT2D eigenvalue weighted by atomic mass is 9.82. The summed E-state index contributed by atoms with van der Waals surface area (Å²) in [6.45, 7) is 1.04. The average Bonchev–Trinajstić information content (AvgIpc) is 3.12. The molecule has 3 rings (SSSR count). The van der Waals surface area contributed by atoms with E-state index in [1.54, 1.807) is 0 Å². The first kappa shape index (κ1) is 12.9. The van der Waals surface area contributed by atoms with Crippen molar-refractivity contribution in [1.82, 2.24) is 5.32 Å². The van der Waals surface area contributed by atoms with Crippen molar-refractivity contribution in [1.29, 1.82) is 0 Å². The van der Waals surface area contributed by atoms with Gasteiger partial charge in [0.1, 0.15) is 0 Å². The maximum absolute atomic E-state index is 3.73. The molecule has 1 N–H and O–H groups in total. The summed E-state index contributed by atoms with van der Waals surface area (Å²) in [5.74, 6) is 1.05. The van der Waals surface area contributed by atoms with Gasteiger partial charge in [0.25, 0.3) is 0 Å². The predicted octanol–water partition coefficient (Wildman–Crippen LogP) is 4.16. The average molecular weight is 355 g/mol. The van der Waals surface area contributed by atoms with Crippen LogP contribution in [-0.2, 0) is 6.54 Å². The molecule has 0 amide bonds. The summed E-state index contributed by atoms with van der Waals surface area (Å²) in [7, 11) is 0. The van der Waals surface area contributed by atoms with Gasteiger partial charge in [0.05, 0.1) is 0 Å². The highest BCUT2D eigenvalue weighted by Crippen LogP contribution is 2.61. The molecule has 0 radical (unpaired) electrons. The van der Waals surface area contributed by atoms with Crippen molar-refractivity contribution in [2.75, 3.05) is 4.43 Å². The SMILES string of the molecule is ICC1CC12CCC(NCc1ccccc1)CC2. The number of halogens is 1. The van der Waals surface area contributed by atoms with Gasteiger partial charge < -0.3 is 5.32 Å². The van der Waals surface area contributed by atoms with Crippen molar-refractivity contribution in [3.05, 3.63) is 35.9 Å². The minimum Gasteiger partial charge on any atom is -0.310 e. The number of benzene rings is 1. The van der Waals surface area contributed by atoms with Crippen molar-refractivity contribution in [2.24, 2.45) is 11.3 Å². The minimum atomic E-state index is 0.756. The van der Waals surface area contributed by atoms with Gasteiger partial charge in [0, 0.05) is 17.0 Å². The van der Waals surface area contributed by atoms with Crippen molar-refractivity contribution in [3.8, 4) is 0 Å². The zero-order valence-electron chi connectivity index (χ0n) is 10.9. The zero-order valence-corrected chi connectivity index (χ0v) is 13.0. The highest BCUT2D eigenvalue weighted by Gasteiger charge is 2.53. The Balaban J connectivity index is 1.44. The first-order chi connectivity index (χ1) is 8.82. The van der Waals surface area contributed by atoms with E-state index >= 15 is 0 Å². The fourth-order valence-electron chi connectivity index (χ4n) is 3.52. The van der Waals surface area contributed by atoms with Crippen LogP contribution >= 0.6 is 22.6 Å². The topological polar surface area (TPSA) is 12.0 Å². The van der Waals surface area contributed by atoms with Crippen LogP contribution in [0.2, 0.25) is 0 Å². The van der Waals surface area contributed by atoms with Crippen LogP contribution in [0.5, 0.6) is 0 Å². The lowest BCUT2D eigenvalue weighted by molar-refractivity contribution is 0.259. The Bertz CT molecular complexity index is 381. The van der Waals surface area contributed by atoms with Gasteiger partial charge in [0.15, 0.2) is 0 Å². The van der Waals surface area contributed by atoms with E-state index in [1.165, 1.54) is 42.1 Å². The molecule has 18 heavy (non-hydrogen) atoms. The first-order valence-electron chi connectivity index (χ1n) is 7.16. The molecule has 98 valence electrons. The van der Waals surface area contributed by atoms with Gasteiger partial charge in [0.2, 0.25) is 0 Å². The summed E-state index contributed by atoms with van der Waals surface area (Å²) >= 11 is 2.57. The highest BCUT2D eigenvalue weighted by molar-refractivity contribution is 14.1. The number of nitrogens with one attached hydrogen (secondary N) is 1. The number of rotatable bonds is 4. The normalized spacial score (nSPS) is 34.7. The fraction of sp³-hybridized carbons (Fsp3) is 0.625. The van der Waals surface area contributed by atoms with Gasteiger partial charge in [-0.25, -0.2) is 0 Å². The van der Waals surface area contributed by atoms with E-state index in [0.717, 1.165) is 23.9 Å². The molecule has 1 spiro atoms. The van der Waals surface area contributed by atoms with E-state index in [1.807, 2.05) is 0 Å². The third kappa shape index (κ3) is 2.74. The third-order valence-corrected chi connectivity index (χ3v) is 6.03. The summed E-state index contributed by atoms with van der Waals surface area (Å²) in [6, 6.07) is 11.5. The van der Waals surface area contributed by atoms with E-state index in [-0.39, 0.29) is 0 Å². The molecule has 0 saturated heterocycles. The van der Waals surface area contributed by atoms with Crippen molar-refractivity contribution < 1.29 is 0 Å². The Hall–Kier alpha value is -0.0900. The molecule has 1 unspecified atom stereocenters. The lowest BCUT2D eigenvalue weighted by Crippen LogP contribution is -2.33. The Morgan fingerprint density at radius 1 is 1.17 bits per heavy atom. The van der Waals surface area contributed by atoms with Crippen LogP contribution < -0.4 is 5.32 Å². The molecule has 1 atom stereocenters. The number of hydrogen-bond acceptors (Lipinski definition) is 1. The molecule has 1 aromatic carbocycles. The van der Waals surface area contributed by atoms with E-state index in [0.29, 0.717) is 0 Å². The van der Waals surface area contributed by atoms with Gasteiger partial charge in [-0.2, -0.15) is 0 Å². The summed E-state index contributed by atoms with van der Waals surface area (Å²) in [5, 5.41) is 3.73. The van der Waals surface area contributed by atoms with Gasteiger partial charge in [-0.1, -0.05) is 52.9 Å². The molecule has 2 fully saturated rings.